The third-order valence-corrected chi connectivity index (χ3v) is 4.87. The van der Waals surface area contributed by atoms with Crippen molar-refractivity contribution in [3.63, 3.8) is 0 Å². The molecule has 0 saturated carbocycles. The number of aromatic nitrogens is 1. The number of methoxy groups -OCH3 is 1. The van der Waals surface area contributed by atoms with Gasteiger partial charge in [0.2, 0.25) is 5.91 Å². The summed E-state index contributed by atoms with van der Waals surface area (Å²) in [5, 5.41) is 4.14. The number of nitrogens with zero attached hydrogens (tertiary/aromatic N) is 2. The summed E-state index contributed by atoms with van der Waals surface area (Å²) in [6.07, 6.45) is 1.94. The Bertz CT molecular complexity index is 913. The number of benzene rings is 2. The van der Waals surface area contributed by atoms with E-state index in [1.165, 1.54) is 11.1 Å². The minimum Gasteiger partial charge on any atom is -0.497 e. The molecule has 1 atom stereocenters. The molecule has 1 amide bonds. The lowest BCUT2D eigenvalue weighted by atomic mass is 10.0. The summed E-state index contributed by atoms with van der Waals surface area (Å²) in [6.45, 7) is 2.94. The van der Waals surface area contributed by atoms with Crippen LogP contribution in [0.4, 0.5) is 0 Å². The van der Waals surface area contributed by atoms with Crippen LogP contribution in [0.15, 0.2) is 54.7 Å². The topological polar surface area (TPSA) is 46.5 Å². The molecule has 0 fully saturated rings. The highest BCUT2D eigenvalue weighted by Crippen LogP contribution is 2.22. The molecule has 5 nitrogen and oxygen atoms in total. The van der Waals surface area contributed by atoms with Crippen molar-refractivity contribution in [3.8, 4) is 5.75 Å². The Morgan fingerprint density at radius 1 is 1.15 bits per heavy atom. The summed E-state index contributed by atoms with van der Waals surface area (Å²) < 4.78 is 7.22. The molecule has 0 spiro atoms. The molecule has 0 aliphatic carbocycles. The van der Waals surface area contributed by atoms with E-state index in [2.05, 4.69) is 41.4 Å². The Morgan fingerprint density at radius 3 is 2.56 bits per heavy atom. The van der Waals surface area contributed by atoms with Crippen molar-refractivity contribution in [2.45, 2.75) is 19.5 Å². The molecular formula is C22H27N3O2. The first-order chi connectivity index (χ1) is 13.0. The fourth-order valence-corrected chi connectivity index (χ4v) is 3.25. The van der Waals surface area contributed by atoms with Gasteiger partial charge in [-0.3, -0.25) is 4.79 Å². The highest BCUT2D eigenvalue weighted by molar-refractivity contribution is 5.84. The summed E-state index contributed by atoms with van der Waals surface area (Å²) >= 11 is 0. The van der Waals surface area contributed by atoms with Crippen LogP contribution in [-0.2, 0) is 11.3 Å². The SMILES string of the molecule is COc1ccc2c(ccn2CC(=O)NCC(c2ccc(C)cc2)N(C)C)c1. The highest BCUT2D eigenvalue weighted by atomic mass is 16.5. The van der Waals surface area contributed by atoms with Gasteiger partial charge in [-0.15, -0.1) is 0 Å². The first kappa shape index (κ1) is 19.0. The summed E-state index contributed by atoms with van der Waals surface area (Å²) in [4.78, 5) is 14.6. The van der Waals surface area contributed by atoms with E-state index in [0.717, 1.165) is 16.7 Å². The van der Waals surface area contributed by atoms with Gasteiger partial charge in [-0.2, -0.15) is 0 Å². The molecule has 0 aliphatic heterocycles. The monoisotopic (exact) mass is 365 g/mol. The fourth-order valence-electron chi connectivity index (χ4n) is 3.25. The van der Waals surface area contributed by atoms with Crippen molar-refractivity contribution >= 4 is 16.8 Å². The van der Waals surface area contributed by atoms with Crippen molar-refractivity contribution in [1.82, 2.24) is 14.8 Å². The Morgan fingerprint density at radius 2 is 1.89 bits per heavy atom. The first-order valence-corrected chi connectivity index (χ1v) is 9.10. The molecule has 1 unspecified atom stereocenters. The van der Waals surface area contributed by atoms with Crippen LogP contribution in [0.3, 0.4) is 0 Å². The minimum atomic E-state index is 0.00211. The standard InChI is InChI=1S/C22H27N3O2/c1-16-5-7-17(8-6-16)21(24(2)3)14-23-22(26)15-25-12-11-18-13-19(27-4)9-10-20(18)25/h5-13,21H,14-15H2,1-4H3,(H,23,26). The van der Waals surface area contributed by atoms with Gasteiger partial charge in [0.25, 0.3) is 0 Å². The van der Waals surface area contributed by atoms with Gasteiger partial charge in [0.1, 0.15) is 12.3 Å². The number of ether oxygens (including phenoxy) is 1. The van der Waals surface area contributed by atoms with Crippen molar-refractivity contribution in [2.75, 3.05) is 27.7 Å². The van der Waals surface area contributed by atoms with Crippen LogP contribution in [0, 0.1) is 6.92 Å². The van der Waals surface area contributed by atoms with Gasteiger partial charge < -0.3 is 19.5 Å². The quantitative estimate of drug-likeness (QED) is 0.698. The smallest absolute Gasteiger partial charge is 0.240 e. The molecule has 0 saturated heterocycles. The Hall–Kier alpha value is -2.79. The molecular weight excluding hydrogens is 338 g/mol. The van der Waals surface area contributed by atoms with Crippen LogP contribution in [0.1, 0.15) is 17.2 Å². The second-order valence-corrected chi connectivity index (χ2v) is 7.06. The average Bonchev–Trinajstić information content (AvgIpc) is 3.05. The second kappa shape index (κ2) is 8.27. The third-order valence-electron chi connectivity index (χ3n) is 4.87. The number of rotatable bonds is 7. The van der Waals surface area contributed by atoms with E-state index in [1.807, 2.05) is 49.1 Å². The number of amides is 1. The van der Waals surface area contributed by atoms with E-state index in [4.69, 9.17) is 4.74 Å². The lowest BCUT2D eigenvalue weighted by Gasteiger charge is -2.25. The summed E-state index contributed by atoms with van der Waals surface area (Å²) in [7, 11) is 5.72. The molecule has 3 aromatic rings. The van der Waals surface area contributed by atoms with Crippen LogP contribution in [0.5, 0.6) is 5.75 Å². The average molecular weight is 365 g/mol. The highest BCUT2D eigenvalue weighted by Gasteiger charge is 2.15. The predicted octanol–water partition coefficient (Wildman–Crippen LogP) is 3.38. The number of aryl methyl sites for hydroxylation is 1. The van der Waals surface area contributed by atoms with Gasteiger partial charge in [0.05, 0.1) is 13.2 Å². The maximum absolute atomic E-state index is 12.5. The van der Waals surface area contributed by atoms with E-state index < -0.39 is 0 Å². The van der Waals surface area contributed by atoms with E-state index >= 15 is 0 Å². The van der Waals surface area contributed by atoms with Crippen molar-refractivity contribution in [3.05, 3.63) is 65.9 Å². The number of carbonyl (C=O) groups is 1. The van der Waals surface area contributed by atoms with Gasteiger partial charge in [-0.05, 0) is 50.8 Å². The normalized spacial score (nSPS) is 12.3. The molecule has 0 aliphatic rings. The first-order valence-electron chi connectivity index (χ1n) is 9.10. The van der Waals surface area contributed by atoms with Crippen molar-refractivity contribution in [1.29, 1.82) is 0 Å². The van der Waals surface area contributed by atoms with Crippen LogP contribution in [-0.4, -0.2) is 43.1 Å². The van der Waals surface area contributed by atoms with Crippen LogP contribution < -0.4 is 10.1 Å². The molecule has 1 heterocycles. The number of hydrogen-bond donors (Lipinski definition) is 1. The zero-order valence-electron chi connectivity index (χ0n) is 16.4. The molecule has 3 rings (SSSR count). The van der Waals surface area contributed by atoms with Crippen LogP contribution >= 0.6 is 0 Å². The Balaban J connectivity index is 1.65. The van der Waals surface area contributed by atoms with Gasteiger partial charge in [-0.25, -0.2) is 0 Å². The molecule has 1 aromatic heterocycles. The second-order valence-electron chi connectivity index (χ2n) is 7.06. The minimum absolute atomic E-state index is 0.00211. The molecule has 5 heteroatoms. The number of carbonyl (C=O) groups excluding carboxylic acids is 1. The van der Waals surface area contributed by atoms with E-state index in [9.17, 15) is 4.79 Å². The zero-order chi connectivity index (χ0) is 19.4. The molecule has 1 N–H and O–H groups in total. The summed E-state index contributed by atoms with van der Waals surface area (Å²) in [6, 6.07) is 16.5. The number of likely N-dealkylation sites (N-methyl/N-ethyl adjacent to an activating group) is 1. The maximum Gasteiger partial charge on any atom is 0.240 e. The zero-order valence-corrected chi connectivity index (χ0v) is 16.4. The van der Waals surface area contributed by atoms with Gasteiger partial charge in [0.15, 0.2) is 0 Å². The maximum atomic E-state index is 12.5. The van der Waals surface area contributed by atoms with E-state index in [-0.39, 0.29) is 11.9 Å². The van der Waals surface area contributed by atoms with E-state index in [0.29, 0.717) is 13.1 Å². The Kier molecular flexibility index (Phi) is 5.81. The summed E-state index contributed by atoms with van der Waals surface area (Å²) in [5.41, 5.74) is 3.45. The largest absolute Gasteiger partial charge is 0.497 e. The molecule has 0 bridgehead atoms. The van der Waals surface area contributed by atoms with Crippen molar-refractivity contribution in [2.24, 2.45) is 0 Å². The molecule has 27 heavy (non-hydrogen) atoms. The van der Waals surface area contributed by atoms with Crippen LogP contribution in [0.25, 0.3) is 10.9 Å². The number of fused-ring (bicyclic) bond motifs is 1. The third kappa shape index (κ3) is 4.49. The number of nitrogens with one attached hydrogen (secondary N) is 1. The lowest BCUT2D eigenvalue weighted by Crippen LogP contribution is -2.36. The summed E-state index contributed by atoms with van der Waals surface area (Å²) in [5.74, 6) is 0.818. The lowest BCUT2D eigenvalue weighted by molar-refractivity contribution is -0.121. The Labute approximate surface area is 160 Å². The van der Waals surface area contributed by atoms with Gasteiger partial charge in [-0.1, -0.05) is 29.8 Å². The molecule has 2 aromatic carbocycles. The number of hydrogen-bond acceptors (Lipinski definition) is 3. The predicted molar refractivity (Wildman–Crippen MR) is 109 cm³/mol. The van der Waals surface area contributed by atoms with Crippen molar-refractivity contribution < 1.29 is 9.53 Å². The fraction of sp³-hybridized carbons (Fsp3) is 0.318. The van der Waals surface area contributed by atoms with Gasteiger partial charge in [0, 0.05) is 23.6 Å². The van der Waals surface area contributed by atoms with Gasteiger partial charge >= 0.3 is 0 Å². The van der Waals surface area contributed by atoms with Crippen LogP contribution in [0.2, 0.25) is 0 Å². The van der Waals surface area contributed by atoms with E-state index in [1.54, 1.807) is 7.11 Å². The molecule has 0 radical (unpaired) electrons. The molecule has 142 valence electrons.